The van der Waals surface area contributed by atoms with Gasteiger partial charge in [-0.05, 0) is 37.8 Å². The highest BCUT2D eigenvalue weighted by molar-refractivity contribution is 7.18. The number of para-hydroxylation sites is 1. The van der Waals surface area contributed by atoms with Crippen molar-refractivity contribution in [3.05, 3.63) is 41.4 Å². The maximum atomic E-state index is 12.7. The molecule has 0 bridgehead atoms. The fourth-order valence-corrected chi connectivity index (χ4v) is 4.67. The van der Waals surface area contributed by atoms with Gasteiger partial charge in [0.15, 0.2) is 0 Å². The fourth-order valence-electron chi connectivity index (χ4n) is 3.52. The summed E-state index contributed by atoms with van der Waals surface area (Å²) in [5.41, 5.74) is 1.01. The molecule has 0 aliphatic heterocycles. The summed E-state index contributed by atoms with van der Waals surface area (Å²) < 4.78 is 1.17. The monoisotopic (exact) mass is 386 g/mol. The van der Waals surface area contributed by atoms with Crippen LogP contribution in [0.2, 0.25) is 0 Å². The lowest BCUT2D eigenvalue weighted by Gasteiger charge is -2.26. The summed E-state index contributed by atoms with van der Waals surface area (Å²) in [5, 5.41) is 12.8. The summed E-state index contributed by atoms with van der Waals surface area (Å²) in [5.74, 6) is -0.561. The number of benzene rings is 1. The molecule has 5 nitrogen and oxygen atoms in total. The minimum absolute atomic E-state index is 0.0671. The maximum Gasteiger partial charge on any atom is 0.303 e. The number of carboxylic acids is 1. The number of carbonyl (C=O) groups excluding carboxylic acids is 1. The van der Waals surface area contributed by atoms with Crippen LogP contribution in [0, 0.1) is 5.92 Å². The third-order valence-electron chi connectivity index (χ3n) is 5.01. The molecule has 3 rings (SSSR count). The number of aromatic nitrogens is 1. The molecule has 1 amide bonds. The minimum atomic E-state index is -0.741. The number of amides is 1. The Morgan fingerprint density at radius 2 is 1.89 bits per heavy atom. The molecule has 144 valence electrons. The molecule has 0 fully saturated rings. The Bertz CT molecular complexity index is 782. The number of allylic oxidation sites excluding steroid dienone is 2. The molecule has 0 saturated carbocycles. The Morgan fingerprint density at radius 3 is 2.70 bits per heavy atom. The summed E-state index contributed by atoms with van der Waals surface area (Å²) in [6.07, 6.45) is 9.52. The number of carboxylic acid groups (broad SMARTS) is 1. The van der Waals surface area contributed by atoms with Gasteiger partial charge in [-0.25, -0.2) is 4.98 Å². The number of nitrogens with zero attached hydrogens (tertiary/aromatic N) is 1. The van der Waals surface area contributed by atoms with Crippen LogP contribution in [0.25, 0.3) is 10.2 Å². The first-order valence-electron chi connectivity index (χ1n) is 9.65. The van der Waals surface area contributed by atoms with Gasteiger partial charge < -0.3 is 10.4 Å². The van der Waals surface area contributed by atoms with E-state index in [4.69, 9.17) is 10.1 Å². The molecule has 1 heterocycles. The van der Waals surface area contributed by atoms with Gasteiger partial charge in [-0.2, -0.15) is 0 Å². The fraction of sp³-hybridized carbons (Fsp3) is 0.476. The summed E-state index contributed by atoms with van der Waals surface area (Å²) >= 11 is 1.69. The van der Waals surface area contributed by atoms with E-state index < -0.39 is 5.97 Å². The van der Waals surface area contributed by atoms with Gasteiger partial charge in [0.2, 0.25) is 5.91 Å². The largest absolute Gasteiger partial charge is 0.481 e. The van der Waals surface area contributed by atoms with Crippen molar-refractivity contribution in [3.63, 3.8) is 0 Å². The van der Waals surface area contributed by atoms with Crippen molar-refractivity contribution in [1.82, 2.24) is 10.3 Å². The normalized spacial score (nSPS) is 19.3. The number of aliphatic carboxylic acids is 1. The SMILES string of the molecule is O=C(O)CCCCCCNC(=O)C1CC=CCC1c1nc2ccccc2s1. The van der Waals surface area contributed by atoms with Gasteiger partial charge in [0.1, 0.15) is 0 Å². The molecule has 0 spiro atoms. The molecule has 1 aliphatic rings. The van der Waals surface area contributed by atoms with Crippen molar-refractivity contribution < 1.29 is 14.7 Å². The highest BCUT2D eigenvalue weighted by Gasteiger charge is 2.32. The smallest absolute Gasteiger partial charge is 0.303 e. The van der Waals surface area contributed by atoms with Crippen molar-refractivity contribution in [2.24, 2.45) is 5.92 Å². The topological polar surface area (TPSA) is 79.3 Å². The summed E-state index contributed by atoms with van der Waals surface area (Å²) in [4.78, 5) is 28.0. The van der Waals surface area contributed by atoms with Crippen molar-refractivity contribution in [3.8, 4) is 0 Å². The van der Waals surface area contributed by atoms with E-state index in [1.165, 1.54) is 4.70 Å². The Balaban J connectivity index is 1.51. The van der Waals surface area contributed by atoms with Gasteiger partial charge in [-0.3, -0.25) is 9.59 Å². The number of unbranched alkanes of at least 4 members (excludes halogenated alkanes) is 3. The summed E-state index contributed by atoms with van der Waals surface area (Å²) in [7, 11) is 0. The lowest BCUT2D eigenvalue weighted by atomic mass is 9.82. The van der Waals surface area contributed by atoms with Gasteiger partial charge in [0.25, 0.3) is 0 Å². The highest BCUT2D eigenvalue weighted by atomic mass is 32.1. The first kappa shape index (κ1) is 19.5. The highest BCUT2D eigenvalue weighted by Crippen LogP contribution is 2.38. The van der Waals surface area contributed by atoms with Crippen LogP contribution in [0.3, 0.4) is 0 Å². The number of rotatable bonds is 9. The molecule has 6 heteroatoms. The summed E-state index contributed by atoms with van der Waals surface area (Å²) in [6.45, 7) is 0.651. The molecule has 2 N–H and O–H groups in total. The van der Waals surface area contributed by atoms with Gasteiger partial charge in [-0.15, -0.1) is 11.3 Å². The Hall–Kier alpha value is -2.21. The molecule has 0 radical (unpaired) electrons. The van der Waals surface area contributed by atoms with E-state index in [2.05, 4.69) is 23.5 Å². The van der Waals surface area contributed by atoms with E-state index in [1.54, 1.807) is 11.3 Å². The molecule has 1 aromatic carbocycles. The lowest BCUT2D eigenvalue weighted by molar-refractivity contribution is -0.137. The minimum Gasteiger partial charge on any atom is -0.481 e. The Kier molecular flexibility index (Phi) is 6.98. The number of nitrogens with one attached hydrogen (secondary N) is 1. The second-order valence-electron chi connectivity index (χ2n) is 7.02. The number of hydrogen-bond donors (Lipinski definition) is 2. The van der Waals surface area contributed by atoms with E-state index in [-0.39, 0.29) is 24.2 Å². The molecular formula is C21H26N2O3S. The molecule has 2 unspecified atom stereocenters. The zero-order chi connectivity index (χ0) is 19.1. The van der Waals surface area contributed by atoms with Crippen LogP contribution in [0.15, 0.2) is 36.4 Å². The van der Waals surface area contributed by atoms with Crippen molar-refractivity contribution >= 4 is 33.4 Å². The zero-order valence-corrected chi connectivity index (χ0v) is 16.2. The van der Waals surface area contributed by atoms with E-state index in [1.807, 2.05) is 18.2 Å². The zero-order valence-electron chi connectivity index (χ0n) is 15.4. The third-order valence-corrected chi connectivity index (χ3v) is 6.18. The molecular weight excluding hydrogens is 360 g/mol. The Morgan fingerprint density at radius 1 is 1.11 bits per heavy atom. The van der Waals surface area contributed by atoms with E-state index >= 15 is 0 Å². The van der Waals surface area contributed by atoms with E-state index in [0.717, 1.165) is 42.6 Å². The van der Waals surface area contributed by atoms with E-state index in [0.29, 0.717) is 13.0 Å². The van der Waals surface area contributed by atoms with Crippen LogP contribution < -0.4 is 5.32 Å². The van der Waals surface area contributed by atoms with Crippen LogP contribution in [0.5, 0.6) is 0 Å². The quantitative estimate of drug-likeness (QED) is 0.491. The van der Waals surface area contributed by atoms with Crippen LogP contribution in [0.4, 0.5) is 0 Å². The van der Waals surface area contributed by atoms with Gasteiger partial charge in [-0.1, -0.05) is 37.1 Å². The van der Waals surface area contributed by atoms with Crippen LogP contribution >= 0.6 is 11.3 Å². The Labute approximate surface area is 163 Å². The standard InChI is InChI=1S/C21H26N2O3S/c24-19(25)13-3-1-2-8-14-22-20(26)15-9-4-5-10-16(15)21-23-17-11-6-7-12-18(17)27-21/h4-7,11-12,15-16H,1-3,8-10,13-14H2,(H,22,26)(H,24,25). The molecule has 2 atom stereocenters. The van der Waals surface area contributed by atoms with Crippen LogP contribution in [-0.4, -0.2) is 28.5 Å². The van der Waals surface area contributed by atoms with Crippen molar-refractivity contribution in [2.75, 3.05) is 6.54 Å². The molecule has 27 heavy (non-hydrogen) atoms. The van der Waals surface area contributed by atoms with Gasteiger partial charge >= 0.3 is 5.97 Å². The average molecular weight is 387 g/mol. The number of thiazole rings is 1. The number of fused-ring (bicyclic) bond motifs is 1. The second kappa shape index (κ2) is 9.65. The first-order valence-corrected chi connectivity index (χ1v) is 10.5. The number of hydrogen-bond acceptors (Lipinski definition) is 4. The van der Waals surface area contributed by atoms with E-state index in [9.17, 15) is 9.59 Å². The predicted molar refractivity (Wildman–Crippen MR) is 108 cm³/mol. The van der Waals surface area contributed by atoms with Crippen molar-refractivity contribution in [2.45, 2.75) is 50.9 Å². The predicted octanol–water partition coefficient (Wildman–Crippen LogP) is 4.50. The summed E-state index contributed by atoms with van der Waals surface area (Å²) in [6, 6.07) is 8.11. The molecule has 1 aliphatic carbocycles. The molecule has 2 aromatic rings. The first-order chi connectivity index (χ1) is 13.1. The van der Waals surface area contributed by atoms with Crippen LogP contribution in [0.1, 0.15) is 55.9 Å². The lowest BCUT2D eigenvalue weighted by Crippen LogP contribution is -2.35. The molecule has 1 aromatic heterocycles. The van der Waals surface area contributed by atoms with Gasteiger partial charge in [0.05, 0.1) is 21.1 Å². The van der Waals surface area contributed by atoms with Crippen molar-refractivity contribution in [1.29, 1.82) is 0 Å². The van der Waals surface area contributed by atoms with Crippen LogP contribution in [-0.2, 0) is 9.59 Å². The second-order valence-corrected chi connectivity index (χ2v) is 8.09. The third kappa shape index (κ3) is 5.39. The maximum absolute atomic E-state index is 12.7. The average Bonchev–Trinajstić information content (AvgIpc) is 3.11. The molecule has 0 saturated heterocycles. The number of carbonyl (C=O) groups is 2. The van der Waals surface area contributed by atoms with Gasteiger partial charge in [0, 0.05) is 18.9 Å².